The quantitative estimate of drug-likeness (QED) is 0.268. The lowest BCUT2D eigenvalue weighted by Gasteiger charge is -2.29. The minimum absolute atomic E-state index is 0.0525. The summed E-state index contributed by atoms with van der Waals surface area (Å²) in [6.07, 6.45) is 1.47. The number of thiophene rings is 1. The van der Waals surface area contributed by atoms with Gasteiger partial charge in [-0.25, -0.2) is 0 Å². The van der Waals surface area contributed by atoms with Crippen LogP contribution in [0, 0.1) is 10.1 Å². The van der Waals surface area contributed by atoms with Crippen LogP contribution in [0.1, 0.15) is 33.6 Å². The highest BCUT2D eigenvalue weighted by molar-refractivity contribution is 7.09. The highest BCUT2D eigenvalue weighted by Gasteiger charge is 2.28. The topological polar surface area (TPSA) is 93.0 Å². The van der Waals surface area contributed by atoms with E-state index in [-0.39, 0.29) is 41.4 Å². The van der Waals surface area contributed by atoms with E-state index < -0.39 is 10.8 Å². The van der Waals surface area contributed by atoms with Crippen LogP contribution in [0.2, 0.25) is 5.02 Å². The third kappa shape index (κ3) is 6.69. The Hall–Kier alpha value is -3.27. The van der Waals surface area contributed by atoms with Crippen molar-refractivity contribution in [3.05, 3.63) is 97.2 Å². The van der Waals surface area contributed by atoms with Crippen LogP contribution < -0.4 is 0 Å². The second-order valence-corrected chi connectivity index (χ2v) is 10.00. The van der Waals surface area contributed by atoms with Gasteiger partial charge in [0.15, 0.2) is 0 Å². The minimum Gasteiger partial charge on any atom is -0.376 e. The molecule has 1 aliphatic rings. The molecule has 4 rings (SSSR count). The first kappa shape index (κ1) is 25.8. The molecule has 188 valence electrons. The van der Waals surface area contributed by atoms with Gasteiger partial charge in [-0.2, -0.15) is 0 Å². The molecule has 1 atom stereocenters. The number of nitro benzene ring substituents is 1. The summed E-state index contributed by atoms with van der Waals surface area (Å²) in [7, 11) is 0. The van der Waals surface area contributed by atoms with Crippen molar-refractivity contribution in [3.63, 3.8) is 0 Å². The molecule has 2 amide bonds. The number of carbonyl (C=O) groups is 2. The third-order valence-electron chi connectivity index (χ3n) is 5.95. The molecular formula is C26H26ClN3O5S. The lowest BCUT2D eigenvalue weighted by atomic mass is 10.1. The van der Waals surface area contributed by atoms with Crippen molar-refractivity contribution in [2.24, 2.45) is 0 Å². The molecule has 2 aromatic carbocycles. The Morgan fingerprint density at radius 2 is 1.89 bits per heavy atom. The van der Waals surface area contributed by atoms with Crippen molar-refractivity contribution in [3.8, 4) is 0 Å². The number of hydrogen-bond donors (Lipinski definition) is 0. The largest absolute Gasteiger partial charge is 0.376 e. The Labute approximate surface area is 218 Å². The average Bonchev–Trinajstić information content (AvgIpc) is 3.58. The second-order valence-electron chi connectivity index (χ2n) is 8.56. The van der Waals surface area contributed by atoms with Crippen LogP contribution in [0.15, 0.2) is 66.0 Å². The zero-order valence-corrected chi connectivity index (χ0v) is 21.1. The molecule has 1 saturated heterocycles. The molecule has 1 aromatic heterocycles. The summed E-state index contributed by atoms with van der Waals surface area (Å²) in [6, 6.07) is 17.5. The van der Waals surface area contributed by atoms with E-state index in [2.05, 4.69) is 0 Å². The number of rotatable bonds is 10. The number of nitrogens with zero attached hydrogens (tertiary/aromatic N) is 3. The van der Waals surface area contributed by atoms with Gasteiger partial charge in [0.05, 0.1) is 17.6 Å². The molecule has 36 heavy (non-hydrogen) atoms. The average molecular weight is 528 g/mol. The van der Waals surface area contributed by atoms with Crippen molar-refractivity contribution in [1.29, 1.82) is 0 Å². The van der Waals surface area contributed by atoms with E-state index in [9.17, 15) is 19.7 Å². The fourth-order valence-electron chi connectivity index (χ4n) is 4.11. The van der Waals surface area contributed by atoms with Crippen LogP contribution >= 0.6 is 22.9 Å². The molecule has 0 bridgehead atoms. The number of carbonyl (C=O) groups excluding carboxylic acids is 2. The maximum absolute atomic E-state index is 13.6. The Morgan fingerprint density at radius 1 is 1.08 bits per heavy atom. The summed E-state index contributed by atoms with van der Waals surface area (Å²) in [4.78, 5) is 42.0. The van der Waals surface area contributed by atoms with Gasteiger partial charge in [-0.1, -0.05) is 48.0 Å². The summed E-state index contributed by atoms with van der Waals surface area (Å²) in [5, 5.41) is 13.3. The van der Waals surface area contributed by atoms with Gasteiger partial charge in [0.1, 0.15) is 11.6 Å². The molecule has 0 saturated carbocycles. The van der Waals surface area contributed by atoms with E-state index in [0.717, 1.165) is 29.3 Å². The summed E-state index contributed by atoms with van der Waals surface area (Å²) in [6.45, 7) is 1.46. The maximum atomic E-state index is 13.6. The van der Waals surface area contributed by atoms with E-state index in [4.69, 9.17) is 16.3 Å². The molecule has 0 radical (unpaired) electrons. The maximum Gasteiger partial charge on any atom is 0.288 e. The minimum atomic E-state index is -0.628. The van der Waals surface area contributed by atoms with Crippen LogP contribution in [0.4, 0.5) is 5.69 Å². The van der Waals surface area contributed by atoms with Crippen molar-refractivity contribution in [2.75, 3.05) is 19.7 Å². The van der Waals surface area contributed by atoms with Crippen molar-refractivity contribution < 1.29 is 19.2 Å². The van der Waals surface area contributed by atoms with E-state index in [1.807, 2.05) is 47.8 Å². The molecule has 2 heterocycles. The van der Waals surface area contributed by atoms with Gasteiger partial charge in [-0.05, 0) is 42.0 Å². The fourth-order valence-corrected chi connectivity index (χ4v) is 5.02. The Bertz CT molecular complexity index is 1200. The van der Waals surface area contributed by atoms with Gasteiger partial charge in [-0.3, -0.25) is 19.7 Å². The lowest BCUT2D eigenvalue weighted by Crippen LogP contribution is -2.45. The van der Waals surface area contributed by atoms with Gasteiger partial charge in [0, 0.05) is 36.2 Å². The van der Waals surface area contributed by atoms with Crippen LogP contribution in [-0.4, -0.2) is 52.3 Å². The number of ether oxygens (including phenoxy) is 1. The van der Waals surface area contributed by atoms with Gasteiger partial charge >= 0.3 is 0 Å². The number of amides is 2. The Balaban J connectivity index is 1.58. The highest BCUT2D eigenvalue weighted by Crippen LogP contribution is 2.26. The molecule has 1 fully saturated rings. The smallest absolute Gasteiger partial charge is 0.288 e. The Kier molecular flexibility index (Phi) is 8.69. The molecule has 10 heteroatoms. The van der Waals surface area contributed by atoms with Crippen LogP contribution in [-0.2, 0) is 22.6 Å². The lowest BCUT2D eigenvalue weighted by molar-refractivity contribution is -0.384. The molecule has 1 unspecified atom stereocenters. The summed E-state index contributed by atoms with van der Waals surface area (Å²) in [5.41, 5.74) is 0.729. The zero-order chi connectivity index (χ0) is 25.5. The molecule has 0 spiro atoms. The standard InChI is InChI=1S/C26H26ClN3O5S/c27-23-11-10-20(14-24(23)30(33)34)26(32)29(16-21-8-4-12-35-21)18-25(31)28(17-22-9-5-13-36-22)15-19-6-2-1-3-7-19/h1-3,5-7,9-11,13-14,21H,4,8,12,15-18H2. The summed E-state index contributed by atoms with van der Waals surface area (Å²) >= 11 is 7.50. The van der Waals surface area contributed by atoms with Gasteiger partial charge < -0.3 is 14.5 Å². The van der Waals surface area contributed by atoms with Crippen LogP contribution in [0.25, 0.3) is 0 Å². The number of hydrogen-bond acceptors (Lipinski definition) is 6. The molecule has 1 aliphatic heterocycles. The predicted molar refractivity (Wildman–Crippen MR) is 138 cm³/mol. The number of benzene rings is 2. The number of halogens is 1. The van der Waals surface area contributed by atoms with Gasteiger partial charge in [0.2, 0.25) is 5.91 Å². The third-order valence-corrected chi connectivity index (χ3v) is 7.13. The fraction of sp³-hybridized carbons (Fsp3) is 0.308. The Morgan fingerprint density at radius 3 is 2.56 bits per heavy atom. The first-order valence-electron chi connectivity index (χ1n) is 11.6. The molecule has 3 aromatic rings. The highest BCUT2D eigenvalue weighted by atomic mass is 35.5. The monoisotopic (exact) mass is 527 g/mol. The predicted octanol–water partition coefficient (Wildman–Crippen LogP) is 5.16. The first-order chi connectivity index (χ1) is 17.4. The molecule has 0 N–H and O–H groups in total. The van der Waals surface area contributed by atoms with Crippen LogP contribution in [0.3, 0.4) is 0 Å². The van der Waals surface area contributed by atoms with Crippen LogP contribution in [0.5, 0.6) is 0 Å². The zero-order valence-electron chi connectivity index (χ0n) is 19.5. The number of nitro groups is 1. The summed E-state index contributed by atoms with van der Waals surface area (Å²) in [5.74, 6) is -0.698. The second kappa shape index (κ2) is 12.1. The molecular weight excluding hydrogens is 502 g/mol. The van der Waals surface area contributed by atoms with E-state index in [1.165, 1.54) is 17.0 Å². The first-order valence-corrected chi connectivity index (χ1v) is 12.9. The van der Waals surface area contributed by atoms with Crippen molar-refractivity contribution in [2.45, 2.75) is 32.0 Å². The molecule has 0 aliphatic carbocycles. The molecule has 8 nitrogen and oxygen atoms in total. The summed E-state index contributed by atoms with van der Waals surface area (Å²) < 4.78 is 5.73. The van der Waals surface area contributed by atoms with E-state index >= 15 is 0 Å². The van der Waals surface area contributed by atoms with Crippen molar-refractivity contribution >= 4 is 40.4 Å². The van der Waals surface area contributed by atoms with E-state index in [1.54, 1.807) is 16.2 Å². The van der Waals surface area contributed by atoms with Gasteiger partial charge in [0.25, 0.3) is 11.6 Å². The SMILES string of the molecule is O=C(CN(CC1CCCO1)C(=O)c1ccc(Cl)c([N+](=O)[O-])c1)N(Cc1ccccc1)Cc1cccs1. The normalized spacial score (nSPS) is 15.0. The van der Waals surface area contributed by atoms with Crippen molar-refractivity contribution in [1.82, 2.24) is 9.80 Å². The van der Waals surface area contributed by atoms with E-state index in [0.29, 0.717) is 19.7 Å². The van der Waals surface area contributed by atoms with Gasteiger partial charge in [-0.15, -0.1) is 11.3 Å².